The Morgan fingerprint density at radius 2 is 0.826 bits per heavy atom. The molecule has 1 aromatic rings. The molecule has 46 heavy (non-hydrogen) atoms. The zero-order valence-corrected chi connectivity index (χ0v) is 29.2. The maximum absolute atomic E-state index is 14.9. The minimum absolute atomic E-state index is 0.291. The molecule has 3 rings (SSSR count). The van der Waals surface area contributed by atoms with Crippen LogP contribution in [-0.4, -0.2) is 11.9 Å². The second kappa shape index (κ2) is 22.6. The van der Waals surface area contributed by atoms with E-state index in [1.165, 1.54) is 128 Å². The van der Waals surface area contributed by atoms with Crippen molar-refractivity contribution in [1.82, 2.24) is 0 Å². The summed E-state index contributed by atoms with van der Waals surface area (Å²) in [6.45, 7) is 4.49. The fourth-order valence-electron chi connectivity index (χ4n) is 7.56. The third-order valence-electron chi connectivity index (χ3n) is 10.7. The molecular formula is C40H64F2O4. The van der Waals surface area contributed by atoms with Gasteiger partial charge in [-0.25, -0.2) is 0 Å². The molecule has 2 aliphatic carbocycles. The van der Waals surface area contributed by atoms with Gasteiger partial charge in [-0.1, -0.05) is 129 Å². The highest BCUT2D eigenvalue weighted by Crippen LogP contribution is 2.36. The topological polar surface area (TPSA) is 52.6 Å². The van der Waals surface area contributed by atoms with E-state index in [2.05, 4.69) is 13.8 Å². The smallest absolute Gasteiger partial charge is 0.314 e. The molecule has 0 radical (unpaired) electrons. The minimum Gasteiger partial charge on any atom is -0.423 e. The summed E-state index contributed by atoms with van der Waals surface area (Å²) in [7, 11) is 0. The van der Waals surface area contributed by atoms with Crippen LogP contribution in [0.3, 0.4) is 0 Å². The van der Waals surface area contributed by atoms with Crippen molar-refractivity contribution in [3.8, 4) is 11.5 Å². The molecule has 1 aromatic carbocycles. The van der Waals surface area contributed by atoms with Gasteiger partial charge in [-0.2, -0.15) is 8.78 Å². The van der Waals surface area contributed by atoms with Crippen LogP contribution in [0.1, 0.15) is 181 Å². The second-order valence-corrected chi connectivity index (χ2v) is 14.5. The Hall–Kier alpha value is -1.98. The van der Waals surface area contributed by atoms with E-state index in [9.17, 15) is 18.4 Å². The Morgan fingerprint density at radius 3 is 1.15 bits per heavy atom. The molecule has 0 unspecified atom stereocenters. The number of hydrogen-bond donors (Lipinski definition) is 0. The molecule has 0 aromatic heterocycles. The largest absolute Gasteiger partial charge is 0.423 e. The lowest BCUT2D eigenvalue weighted by Crippen LogP contribution is -2.27. The van der Waals surface area contributed by atoms with Crippen LogP contribution in [-0.2, 0) is 9.59 Å². The molecule has 0 amide bonds. The SMILES string of the molecule is CCCCCCCCCC[C@H]1CC[C@H](C(=O)Oc2ccc(OC(=O)[C@H]3CC[C@H](CCCCCCCCCC)CC3)c(F)c2F)CC1. The van der Waals surface area contributed by atoms with Crippen molar-refractivity contribution in [3.05, 3.63) is 23.8 Å². The fraction of sp³-hybridized carbons (Fsp3) is 0.800. The first-order valence-corrected chi connectivity index (χ1v) is 19.3. The summed E-state index contributed by atoms with van der Waals surface area (Å²) in [6, 6.07) is 2.40. The molecule has 2 fully saturated rings. The molecule has 0 atom stereocenters. The Balaban J connectivity index is 1.32. The molecule has 0 spiro atoms. The number of carbonyl (C=O) groups excluding carboxylic acids is 2. The van der Waals surface area contributed by atoms with E-state index in [0.717, 1.165) is 51.4 Å². The monoisotopic (exact) mass is 646 g/mol. The molecule has 4 nitrogen and oxygen atoms in total. The van der Waals surface area contributed by atoms with Gasteiger partial charge in [0.15, 0.2) is 11.5 Å². The van der Waals surface area contributed by atoms with Crippen LogP contribution in [0.2, 0.25) is 0 Å². The van der Waals surface area contributed by atoms with Gasteiger partial charge in [-0.3, -0.25) is 9.59 Å². The minimum atomic E-state index is -1.28. The van der Waals surface area contributed by atoms with Gasteiger partial charge in [-0.15, -0.1) is 0 Å². The molecule has 0 saturated heterocycles. The molecule has 0 N–H and O–H groups in total. The van der Waals surface area contributed by atoms with Gasteiger partial charge in [0.25, 0.3) is 0 Å². The van der Waals surface area contributed by atoms with Crippen molar-refractivity contribution < 1.29 is 27.8 Å². The van der Waals surface area contributed by atoms with Crippen LogP contribution in [0.4, 0.5) is 8.78 Å². The van der Waals surface area contributed by atoms with Crippen molar-refractivity contribution in [3.63, 3.8) is 0 Å². The predicted octanol–water partition coefficient (Wildman–Crippen LogP) is 12.4. The number of ether oxygens (including phenoxy) is 2. The second-order valence-electron chi connectivity index (χ2n) is 14.5. The summed E-state index contributed by atoms with van der Waals surface area (Å²) >= 11 is 0. The summed E-state index contributed by atoms with van der Waals surface area (Å²) in [5.74, 6) is -3.76. The summed E-state index contributed by atoms with van der Waals surface area (Å²) < 4.78 is 40.4. The first kappa shape index (κ1) is 38.5. The number of hydrogen-bond acceptors (Lipinski definition) is 4. The maximum Gasteiger partial charge on any atom is 0.314 e. The summed E-state index contributed by atoms with van der Waals surface area (Å²) in [5, 5.41) is 0. The average Bonchev–Trinajstić information content (AvgIpc) is 3.07. The molecule has 2 aliphatic rings. The van der Waals surface area contributed by atoms with Gasteiger partial charge < -0.3 is 9.47 Å². The van der Waals surface area contributed by atoms with E-state index < -0.39 is 35.1 Å². The van der Waals surface area contributed by atoms with E-state index in [-0.39, 0.29) is 11.8 Å². The molecule has 0 heterocycles. The van der Waals surface area contributed by atoms with Crippen molar-refractivity contribution in [2.45, 2.75) is 181 Å². The van der Waals surface area contributed by atoms with Crippen molar-refractivity contribution in [2.75, 3.05) is 0 Å². The predicted molar refractivity (Wildman–Crippen MR) is 183 cm³/mol. The summed E-state index contributed by atoms with van der Waals surface area (Å²) in [6.07, 6.45) is 30.2. The van der Waals surface area contributed by atoms with Crippen LogP contribution in [0.15, 0.2) is 12.1 Å². The Morgan fingerprint density at radius 1 is 0.522 bits per heavy atom. The average molecular weight is 647 g/mol. The number of esters is 2. The van der Waals surface area contributed by atoms with E-state index in [1.54, 1.807) is 0 Å². The lowest BCUT2D eigenvalue weighted by Gasteiger charge is -2.27. The van der Waals surface area contributed by atoms with Crippen LogP contribution in [0, 0.1) is 35.3 Å². The highest BCUT2D eigenvalue weighted by atomic mass is 19.2. The molecule has 2 saturated carbocycles. The van der Waals surface area contributed by atoms with Crippen molar-refractivity contribution in [1.29, 1.82) is 0 Å². The maximum atomic E-state index is 14.9. The van der Waals surface area contributed by atoms with E-state index >= 15 is 0 Å². The molecule has 0 aliphatic heterocycles. The van der Waals surface area contributed by atoms with Gasteiger partial charge in [-0.05, 0) is 75.3 Å². The van der Waals surface area contributed by atoms with Gasteiger partial charge in [0.2, 0.25) is 11.6 Å². The van der Waals surface area contributed by atoms with Gasteiger partial charge >= 0.3 is 11.9 Å². The first-order valence-electron chi connectivity index (χ1n) is 19.3. The zero-order chi connectivity index (χ0) is 33.0. The van der Waals surface area contributed by atoms with E-state index in [4.69, 9.17) is 9.47 Å². The van der Waals surface area contributed by atoms with Crippen molar-refractivity contribution >= 4 is 11.9 Å². The van der Waals surface area contributed by atoms with Crippen molar-refractivity contribution in [2.24, 2.45) is 23.7 Å². The third kappa shape index (κ3) is 14.0. The standard InChI is InChI=1S/C40H64F2O4/c1-3-5-7-9-11-13-15-17-19-31-21-25-33(26-22-31)39(43)45-35-29-30-36(38(42)37(35)41)46-40(44)34-27-23-32(24-28-34)20-18-16-14-12-10-8-6-4-2/h29-34H,3-28H2,1-2H3/t31-,32-,33-,34-. The number of carbonyl (C=O) groups is 2. The summed E-state index contributed by atoms with van der Waals surface area (Å²) in [4.78, 5) is 25.6. The lowest BCUT2D eigenvalue weighted by molar-refractivity contribution is -0.141. The van der Waals surface area contributed by atoms with E-state index in [0.29, 0.717) is 11.8 Å². The van der Waals surface area contributed by atoms with Crippen LogP contribution in [0.25, 0.3) is 0 Å². The third-order valence-corrected chi connectivity index (χ3v) is 10.7. The number of unbranched alkanes of at least 4 members (excludes halogenated alkanes) is 14. The molecule has 6 heteroatoms. The first-order chi connectivity index (χ1) is 22.4. The number of halogens is 2. The highest BCUT2D eigenvalue weighted by molar-refractivity contribution is 5.76. The number of rotatable bonds is 22. The van der Waals surface area contributed by atoms with Crippen LogP contribution in [0.5, 0.6) is 11.5 Å². The quantitative estimate of drug-likeness (QED) is 0.0714. The molecular weight excluding hydrogens is 582 g/mol. The van der Waals surface area contributed by atoms with Gasteiger partial charge in [0, 0.05) is 0 Å². The Bertz CT molecular complexity index is 916. The van der Waals surface area contributed by atoms with Gasteiger partial charge in [0.1, 0.15) is 0 Å². The lowest BCUT2D eigenvalue weighted by atomic mass is 9.79. The number of benzene rings is 1. The molecule has 0 bridgehead atoms. The van der Waals surface area contributed by atoms with E-state index in [1.807, 2.05) is 0 Å². The van der Waals surface area contributed by atoms with Gasteiger partial charge in [0.05, 0.1) is 11.8 Å². The Kier molecular flexibility index (Phi) is 18.9. The molecule has 262 valence electrons. The zero-order valence-electron chi connectivity index (χ0n) is 29.2. The normalized spacial score (nSPS) is 21.7. The van der Waals surface area contributed by atoms with Crippen LogP contribution < -0.4 is 9.47 Å². The van der Waals surface area contributed by atoms with Crippen LogP contribution >= 0.6 is 0 Å². The Labute approximate surface area is 279 Å². The fourth-order valence-corrected chi connectivity index (χ4v) is 7.56. The summed E-state index contributed by atoms with van der Waals surface area (Å²) in [5.41, 5.74) is 0. The highest BCUT2D eigenvalue weighted by Gasteiger charge is 2.31.